The Labute approximate surface area is 388 Å². The van der Waals surface area contributed by atoms with Gasteiger partial charge in [-0.05, 0) is 73.6 Å². The van der Waals surface area contributed by atoms with Gasteiger partial charge in [-0.15, -0.1) is 0 Å². The third-order valence-corrected chi connectivity index (χ3v) is 10.1. The number of sulfone groups is 1. The molecule has 2 atom stereocenters. The molecule has 0 aromatic heterocycles. The van der Waals surface area contributed by atoms with Crippen molar-refractivity contribution in [1.29, 1.82) is 0 Å². The molecule has 1 aliphatic rings. The molecule has 4 rings (SSSR count). The molecule has 3 aromatic rings. The van der Waals surface area contributed by atoms with Crippen molar-refractivity contribution in [2.75, 3.05) is 44.5 Å². The average Bonchev–Trinajstić information content (AvgIpc) is 3.17. The largest absolute Gasteiger partial charge is 0.778 e. The Kier molecular flexibility index (Phi) is 23.6. The number of nitro groups is 1. The highest BCUT2D eigenvalue weighted by Gasteiger charge is 2.37. The van der Waals surface area contributed by atoms with Crippen molar-refractivity contribution in [2.24, 2.45) is 5.92 Å². The number of ketones is 3. The summed E-state index contributed by atoms with van der Waals surface area (Å²) >= 11 is 11.8. The lowest BCUT2D eigenvalue weighted by Crippen LogP contribution is -2.35. The van der Waals surface area contributed by atoms with Crippen molar-refractivity contribution < 1.29 is 88.9 Å². The summed E-state index contributed by atoms with van der Waals surface area (Å²) in [6.07, 6.45) is 1.81. The van der Waals surface area contributed by atoms with Crippen LogP contribution in [0, 0.1) is 16.0 Å². The number of rotatable bonds is 14. The van der Waals surface area contributed by atoms with Gasteiger partial charge in [0.25, 0.3) is 5.69 Å². The van der Waals surface area contributed by atoms with Gasteiger partial charge in [-0.3, -0.25) is 34.6 Å². The first-order chi connectivity index (χ1) is 30.3. The summed E-state index contributed by atoms with van der Waals surface area (Å²) in [6.45, 7) is 2.33. The first kappa shape index (κ1) is 59.1. The van der Waals surface area contributed by atoms with E-state index in [0.29, 0.717) is 23.4 Å². The average molecular weight is 1040 g/mol. The van der Waals surface area contributed by atoms with E-state index in [9.17, 15) is 69.9 Å². The number of carboxylic acid groups (broad SMARTS) is 1. The van der Waals surface area contributed by atoms with Crippen LogP contribution in [0.5, 0.6) is 11.5 Å². The van der Waals surface area contributed by atoms with E-state index < -0.39 is 105 Å². The number of carbonyl (C=O) groups excluding carboxylic acids is 5. The lowest BCUT2D eigenvalue weighted by Gasteiger charge is -2.18. The number of hydrogen-bond donors (Lipinski definition) is 3. The SMILES string of the molecule is CCOC(=O)C(C)OC(=O)c1cc(Oc2ccc(C(F)(F)F)cc2Cl)ccc1[N+](=O)[O-].CS(=O)(=O)c1ccc(C(=O)C2C(=O)CCCC2=O)c(Cl)c1.C[S+](C)C.O=C(O)CNCP(=O)([O-])O. The molecule has 19 nitrogen and oxygen atoms in total. The molecular formula is C39H44Cl2F3N2O17PS2. The van der Waals surface area contributed by atoms with E-state index in [1.807, 2.05) is 5.32 Å². The predicted molar refractivity (Wildman–Crippen MR) is 233 cm³/mol. The van der Waals surface area contributed by atoms with E-state index in [2.05, 4.69) is 18.8 Å². The summed E-state index contributed by atoms with van der Waals surface area (Å²) in [5.41, 5.74) is -2.17. The molecule has 3 aromatic carbocycles. The number of Topliss-reactive ketones (excluding diaryl/α,β-unsaturated/α-hetero) is 3. The highest BCUT2D eigenvalue weighted by Crippen LogP contribution is 2.37. The summed E-state index contributed by atoms with van der Waals surface area (Å²) in [6, 6.07) is 9.02. The summed E-state index contributed by atoms with van der Waals surface area (Å²) in [7, 11) is -7.15. The van der Waals surface area contributed by atoms with Gasteiger partial charge in [0.2, 0.25) is 0 Å². The number of aliphatic carboxylic acids is 1. The van der Waals surface area contributed by atoms with Crippen molar-refractivity contribution in [3.63, 3.8) is 0 Å². The molecule has 0 amide bonds. The zero-order valence-electron chi connectivity index (χ0n) is 35.7. The predicted octanol–water partition coefficient (Wildman–Crippen LogP) is 5.69. The zero-order valence-corrected chi connectivity index (χ0v) is 39.8. The Hall–Kier alpha value is -4.94. The Balaban J connectivity index is 0.000000532. The molecule has 0 saturated heterocycles. The first-order valence-electron chi connectivity index (χ1n) is 18.5. The Morgan fingerprint density at radius 3 is 2.02 bits per heavy atom. The van der Waals surface area contributed by atoms with Crippen LogP contribution in [0.2, 0.25) is 10.0 Å². The number of nitro benzene ring substituents is 1. The van der Waals surface area contributed by atoms with Gasteiger partial charge in [-0.25, -0.2) is 18.0 Å². The minimum atomic E-state index is -4.61. The third kappa shape index (κ3) is 20.7. The number of halogens is 5. The van der Waals surface area contributed by atoms with Crippen LogP contribution in [0.25, 0.3) is 0 Å². The van der Waals surface area contributed by atoms with E-state index in [0.717, 1.165) is 42.7 Å². The van der Waals surface area contributed by atoms with Gasteiger partial charge in [0, 0.05) is 36.8 Å². The number of carbonyl (C=O) groups is 6. The second kappa shape index (κ2) is 26.4. The van der Waals surface area contributed by atoms with Gasteiger partial charge >= 0.3 is 24.1 Å². The molecule has 1 aliphatic carbocycles. The molecular weight excluding hydrogens is 991 g/mol. The van der Waals surface area contributed by atoms with E-state index in [4.69, 9.17) is 47.4 Å². The third-order valence-electron chi connectivity index (χ3n) is 7.75. The second-order valence-electron chi connectivity index (χ2n) is 13.8. The van der Waals surface area contributed by atoms with Gasteiger partial charge < -0.3 is 33.7 Å². The fraction of sp³-hybridized carbons (Fsp3) is 0.385. The lowest BCUT2D eigenvalue weighted by atomic mass is 9.82. The molecule has 0 heterocycles. The fourth-order valence-electron chi connectivity index (χ4n) is 4.90. The summed E-state index contributed by atoms with van der Waals surface area (Å²) < 4.78 is 86.0. The van der Waals surface area contributed by atoms with Gasteiger partial charge in [0.1, 0.15) is 30.6 Å². The van der Waals surface area contributed by atoms with Crippen LogP contribution >= 0.6 is 30.8 Å². The summed E-state index contributed by atoms with van der Waals surface area (Å²) in [4.78, 5) is 98.0. The molecule has 0 radical (unpaired) electrons. The summed E-state index contributed by atoms with van der Waals surface area (Å²) in [5, 5.41) is 20.8. The minimum Gasteiger partial charge on any atom is -0.778 e. The molecule has 1 saturated carbocycles. The van der Waals surface area contributed by atoms with Crippen molar-refractivity contribution in [3.05, 3.63) is 91.4 Å². The Bertz CT molecular complexity index is 2420. The number of nitrogens with zero attached hydrogens (tertiary/aromatic N) is 1. The van der Waals surface area contributed by atoms with Crippen LogP contribution in [0.3, 0.4) is 0 Å². The van der Waals surface area contributed by atoms with Crippen LogP contribution in [-0.4, -0.2) is 109 Å². The highest BCUT2D eigenvalue weighted by molar-refractivity contribution is 7.94. The molecule has 0 bridgehead atoms. The van der Waals surface area contributed by atoms with Gasteiger partial charge in [0.15, 0.2) is 33.3 Å². The molecule has 0 aliphatic heterocycles. The minimum absolute atomic E-state index is 0.00216. The maximum atomic E-state index is 12.8. The lowest BCUT2D eigenvalue weighted by molar-refractivity contribution is -0.385. The zero-order chi connectivity index (χ0) is 50.9. The summed E-state index contributed by atoms with van der Waals surface area (Å²) in [5.74, 6) is -6.30. The number of carboxylic acids is 1. The van der Waals surface area contributed by atoms with E-state index in [1.54, 1.807) is 6.92 Å². The van der Waals surface area contributed by atoms with E-state index in [1.165, 1.54) is 19.1 Å². The van der Waals surface area contributed by atoms with Crippen molar-refractivity contribution in [3.8, 4) is 11.5 Å². The Morgan fingerprint density at radius 2 is 1.56 bits per heavy atom. The van der Waals surface area contributed by atoms with Crippen LogP contribution in [0.4, 0.5) is 18.9 Å². The normalized spacial score (nSPS) is 14.1. The highest BCUT2D eigenvalue weighted by atomic mass is 35.5. The van der Waals surface area contributed by atoms with Crippen LogP contribution in [0.15, 0.2) is 59.5 Å². The smallest absolute Gasteiger partial charge is 0.416 e. The molecule has 364 valence electrons. The van der Waals surface area contributed by atoms with Gasteiger partial charge in [-0.2, -0.15) is 13.2 Å². The van der Waals surface area contributed by atoms with Gasteiger partial charge in [-0.1, -0.05) is 23.2 Å². The molecule has 27 heteroatoms. The number of nitrogens with one attached hydrogen (secondary N) is 1. The maximum absolute atomic E-state index is 12.8. The standard InChI is InChI=1S/C19H15ClF3NO7.C14H13ClO5S.C3H8NO5P.C3H9S/c1-3-29-17(25)10(2)30-18(26)13-9-12(5-6-15(13)24(27)28)31-16-7-4-11(8-14(16)20)19(21,22)23;1-21(19,20)8-5-6-9(10(15)7-8)14(18)13-11(16)3-2-4-12(13)17;5-3(6)1-4-2-10(7,8)9;1-4(2)3/h4-10H,3H2,1-2H3;5-7,13H,2-4H2,1H3;4H,1-2H2,(H,5,6)(H2,7,8,9);1-3H3/q;;;+1/p-1. The monoisotopic (exact) mass is 1030 g/mol. The topological polar surface area (TPSA) is 300 Å². The van der Waals surface area contributed by atoms with Crippen molar-refractivity contribution in [2.45, 2.75) is 50.3 Å². The molecule has 2 unspecified atom stereocenters. The molecule has 3 N–H and O–H groups in total. The Morgan fingerprint density at radius 1 is 0.985 bits per heavy atom. The van der Waals surface area contributed by atoms with Crippen molar-refractivity contribution >= 4 is 92.5 Å². The number of hydrogen-bond acceptors (Lipinski definition) is 16. The van der Waals surface area contributed by atoms with E-state index >= 15 is 0 Å². The first-order valence-corrected chi connectivity index (χ1v) is 25.4. The molecule has 66 heavy (non-hydrogen) atoms. The fourth-order valence-corrected chi connectivity index (χ4v) is 6.50. The van der Waals surface area contributed by atoms with Gasteiger partial charge in [0.05, 0.1) is 63.6 Å². The maximum Gasteiger partial charge on any atom is 0.416 e. The van der Waals surface area contributed by atoms with Crippen LogP contribution in [-0.2, 0) is 60.1 Å². The molecule has 0 spiro atoms. The second-order valence-corrected chi connectivity index (χ2v) is 20.7. The van der Waals surface area contributed by atoms with E-state index in [-0.39, 0.29) is 51.5 Å². The van der Waals surface area contributed by atoms with Crippen LogP contribution in [0.1, 0.15) is 59.4 Å². The number of benzene rings is 3. The number of ether oxygens (including phenoxy) is 3. The van der Waals surface area contributed by atoms with Crippen molar-refractivity contribution in [1.82, 2.24) is 5.32 Å². The molecule has 1 fully saturated rings. The number of alkyl halides is 3. The number of esters is 2. The van der Waals surface area contributed by atoms with Crippen LogP contribution < -0.4 is 14.9 Å². The quantitative estimate of drug-likeness (QED) is 0.0332.